The highest BCUT2D eigenvalue weighted by atomic mass is 128. The van der Waals surface area contributed by atoms with Crippen molar-refractivity contribution in [3.8, 4) is 115 Å². The molecular weight excluding hydrogens is 2010 g/mol. The normalized spacial score (nSPS) is 10.6. The summed E-state index contributed by atoms with van der Waals surface area (Å²) in [6.07, 6.45) is 7.70. The van der Waals surface area contributed by atoms with Crippen molar-refractivity contribution < 1.29 is 115 Å². The van der Waals surface area contributed by atoms with E-state index in [-0.39, 0.29) is 60.2 Å². The van der Waals surface area contributed by atoms with Crippen molar-refractivity contribution in [1.29, 1.82) is 0 Å². The number of aldehydes is 1. The van der Waals surface area contributed by atoms with E-state index in [0.717, 1.165) is 90.7 Å². The van der Waals surface area contributed by atoms with Gasteiger partial charge in [0.15, 0.2) is 6.29 Å². The Morgan fingerprint density at radius 3 is 0.892 bits per heavy atom. The molecule has 0 saturated heterocycles. The van der Waals surface area contributed by atoms with E-state index in [2.05, 4.69) is 62.2 Å². The molecule has 0 amide bonds. The molecule has 0 saturated carbocycles. The molecule has 0 aliphatic rings. The second-order valence-electron chi connectivity index (χ2n) is 30.7. The number of phenols is 4. The number of ether oxygens (including phenoxy) is 8. The number of aliphatic carboxylic acids is 2. The quantitative estimate of drug-likeness (QED) is 0.00899. The number of hydrogen-bond acceptors (Lipinski definition) is 27. The van der Waals surface area contributed by atoms with Gasteiger partial charge in [0.25, 0.3) is 0 Å². The lowest BCUT2D eigenvalue weighted by atomic mass is 10.1. The fourth-order valence-corrected chi connectivity index (χ4v) is 13.6. The Morgan fingerprint density at radius 1 is 0.338 bits per heavy atom. The third-order valence-electron chi connectivity index (χ3n) is 20.9. The van der Waals surface area contributed by atoms with Crippen LogP contribution >= 0.6 is 37.2 Å². The van der Waals surface area contributed by atoms with Gasteiger partial charge in [0.1, 0.15) is 86.3 Å². The lowest BCUT2D eigenvalue weighted by Gasteiger charge is -2.11. The van der Waals surface area contributed by atoms with Crippen LogP contribution in [0.1, 0.15) is 123 Å². The minimum absolute atomic E-state index is 0.0204. The third-order valence-corrected chi connectivity index (χ3v) is 20.9. The van der Waals surface area contributed by atoms with Crippen LogP contribution in [0.2, 0.25) is 0 Å². The van der Waals surface area contributed by atoms with Gasteiger partial charge in [-0.1, -0.05) is 109 Å². The molecule has 5 heterocycles. The molecule has 0 unspecified atom stereocenters. The van der Waals surface area contributed by atoms with E-state index in [1.54, 1.807) is 75.6 Å². The van der Waals surface area contributed by atoms with Gasteiger partial charge in [-0.15, -0.1) is 0 Å². The topological polar surface area (TPSA) is 411 Å². The van der Waals surface area contributed by atoms with Crippen molar-refractivity contribution in [3.63, 3.8) is 0 Å². The van der Waals surface area contributed by atoms with E-state index in [4.69, 9.17) is 70.2 Å². The number of esters is 2. The molecule has 724 valence electrons. The summed E-state index contributed by atoms with van der Waals surface area (Å²) in [7, 11) is 1.56. The van der Waals surface area contributed by atoms with E-state index < -0.39 is 17.9 Å². The minimum Gasteiger partial charge on any atom is -0.508 e. The number of oxazole rings is 5. The maximum absolute atomic E-state index is 11.4. The Hall–Kier alpha value is -15.0. The van der Waals surface area contributed by atoms with Gasteiger partial charge < -0.3 is 90.6 Å². The summed E-state index contributed by atoms with van der Waals surface area (Å²) in [5, 5.41) is 57.5. The number of methoxy groups -OCH3 is 1. The minimum atomic E-state index is -0.896. The van der Waals surface area contributed by atoms with E-state index >= 15 is 0 Å². The van der Waals surface area contributed by atoms with Gasteiger partial charge in [-0.25, -0.2) is 29.7 Å². The molecular formula is C108H109I2N5O24. The molecule has 10 aromatic carbocycles. The first-order chi connectivity index (χ1) is 67.4. The highest BCUT2D eigenvalue weighted by Crippen LogP contribution is 2.34. The van der Waals surface area contributed by atoms with Crippen LogP contribution in [-0.2, 0) is 80.0 Å². The van der Waals surface area contributed by atoms with Gasteiger partial charge in [0.05, 0.1) is 87.4 Å². The van der Waals surface area contributed by atoms with Crippen molar-refractivity contribution in [3.05, 3.63) is 334 Å². The molecule has 6 N–H and O–H groups in total. The number of aromatic nitrogens is 5. The molecule has 0 fully saturated rings. The maximum atomic E-state index is 11.4. The van der Waals surface area contributed by atoms with Gasteiger partial charge in [0, 0.05) is 158 Å². The highest BCUT2D eigenvalue weighted by molar-refractivity contribution is 15.0. The predicted molar refractivity (Wildman–Crippen MR) is 541 cm³/mol. The third kappa shape index (κ3) is 34.0. The summed E-state index contributed by atoms with van der Waals surface area (Å²) in [4.78, 5) is 77.6. The highest BCUT2D eigenvalue weighted by Gasteiger charge is 2.20. The van der Waals surface area contributed by atoms with Crippen LogP contribution in [0.15, 0.2) is 271 Å². The van der Waals surface area contributed by atoms with E-state index in [0.29, 0.717) is 178 Å². The molecule has 0 spiro atoms. The first-order valence-electron chi connectivity index (χ1n) is 44.6. The van der Waals surface area contributed by atoms with Gasteiger partial charge in [-0.3, -0.25) is 19.2 Å². The molecule has 0 aliphatic carbocycles. The molecule has 5 aromatic heterocycles. The van der Waals surface area contributed by atoms with Crippen LogP contribution in [0, 0.1) is 34.6 Å². The van der Waals surface area contributed by atoms with Crippen LogP contribution in [0.3, 0.4) is 0 Å². The average Bonchev–Trinajstić information content (AvgIpc) is 1.76. The number of carbonyl (C=O) groups is 5. The Morgan fingerprint density at radius 2 is 0.612 bits per heavy atom. The Labute approximate surface area is 828 Å². The lowest BCUT2D eigenvalue weighted by molar-refractivity contribution is -0.143. The lowest BCUT2D eigenvalue weighted by Crippen LogP contribution is -2.05. The molecule has 139 heavy (non-hydrogen) atoms. The number of nitrogens with zero attached hydrogens (tertiary/aromatic N) is 5. The molecule has 15 rings (SSSR count). The number of carboxylic acids is 2. The van der Waals surface area contributed by atoms with Gasteiger partial charge >= 0.3 is 23.9 Å². The summed E-state index contributed by atoms with van der Waals surface area (Å²) in [6.45, 7) is 15.6. The van der Waals surface area contributed by atoms with E-state index in [1.165, 1.54) is 36.4 Å². The summed E-state index contributed by atoms with van der Waals surface area (Å²) in [5.74, 6) is 7.83. The van der Waals surface area contributed by atoms with Crippen LogP contribution < -0.4 is 28.4 Å². The van der Waals surface area contributed by atoms with Crippen LogP contribution in [0.5, 0.6) is 57.5 Å². The fourth-order valence-electron chi connectivity index (χ4n) is 13.6. The molecule has 29 nitrogen and oxygen atoms in total. The molecule has 0 radical (unpaired) electrons. The zero-order valence-corrected chi connectivity index (χ0v) is 82.4. The van der Waals surface area contributed by atoms with E-state index in [1.807, 2.05) is 198 Å². The SMILES string of the molecule is CCOC(=O)/C=C/c1ccc(OCCc2nc(-c3ccccc3)oc2C)cc1O.CCOC(=O)CCc1ccc(OCCc2nc(-c3ccccc3)oc2C)cc1O.COc1cc(OCCc2nc(-c3ccccc3)oc2C)ccc1CCC(=O)O.Cc1oc(-c2ccccc2)nc1CCOc1ccc(C=O)c(O)c1.Cc1oc(-c2ccccc2)nc1CCOc1ccc(CCC(=O)O)c(O)c1.II. The van der Waals surface area contributed by atoms with Crippen molar-refractivity contribution in [2.45, 2.75) is 119 Å². The van der Waals surface area contributed by atoms with Crippen LogP contribution in [0.25, 0.3) is 63.3 Å². The fraction of sp³-hybridized carbons (Fsp3) is 0.241. The molecule has 0 bridgehead atoms. The number of hydrogen-bond donors (Lipinski definition) is 6. The van der Waals surface area contributed by atoms with Crippen LogP contribution in [0.4, 0.5) is 0 Å². The van der Waals surface area contributed by atoms with Gasteiger partial charge in [-0.05, 0) is 194 Å². The first kappa shape index (κ1) is 106. The predicted octanol–water partition coefficient (Wildman–Crippen LogP) is 22.9. The monoisotopic (exact) mass is 2110 g/mol. The van der Waals surface area contributed by atoms with Crippen molar-refractivity contribution in [2.75, 3.05) is 53.4 Å². The molecule has 0 aliphatic heterocycles. The van der Waals surface area contributed by atoms with Gasteiger partial charge in [0.2, 0.25) is 29.5 Å². The largest absolute Gasteiger partial charge is 0.508 e. The summed E-state index contributed by atoms with van der Waals surface area (Å²) >= 11 is 4.24. The second-order valence-corrected chi connectivity index (χ2v) is 30.7. The molecule has 0 atom stereocenters. The Balaban J connectivity index is 0.000000178. The average molecular weight is 2110 g/mol. The number of carbonyl (C=O) groups excluding carboxylic acids is 3. The number of aromatic hydroxyl groups is 4. The molecule has 15 aromatic rings. The van der Waals surface area contributed by atoms with Gasteiger partial charge in [-0.2, -0.15) is 0 Å². The second kappa shape index (κ2) is 55.9. The number of benzene rings is 10. The summed E-state index contributed by atoms with van der Waals surface area (Å²) in [6, 6.07) is 73.6. The number of carboxylic acid groups (broad SMARTS) is 2. The molecule has 31 heteroatoms. The van der Waals surface area contributed by atoms with Crippen molar-refractivity contribution in [2.24, 2.45) is 0 Å². The maximum Gasteiger partial charge on any atom is 0.330 e. The number of aryl methyl sites for hydroxylation is 8. The summed E-state index contributed by atoms with van der Waals surface area (Å²) in [5.41, 5.74) is 11.7. The van der Waals surface area contributed by atoms with E-state index in [9.17, 15) is 44.4 Å². The number of halogens is 2. The summed E-state index contributed by atoms with van der Waals surface area (Å²) < 4.78 is 72.4. The van der Waals surface area contributed by atoms with Crippen molar-refractivity contribution in [1.82, 2.24) is 24.9 Å². The number of phenolic OH excluding ortho intramolecular Hbond substituents is 4. The number of rotatable bonds is 40. The smallest absolute Gasteiger partial charge is 0.330 e. The van der Waals surface area contributed by atoms with Crippen LogP contribution in [-0.4, -0.2) is 139 Å². The Kier molecular flexibility index (Phi) is 42.6. The standard InChI is InChI=1S/C23H25NO5.C23H23NO5.C22H23NO5.C21H21NO5.C19H17NO4.I2/c2*1-3-27-22(26)12-10-17-9-11-19(15-21(17)25)28-14-13-20-16(2)29-23(24-20)18-7-5-4-6-8-18;1-15-19(23-22(28-15)17-6-4-3-5-7-17)12-13-27-18-10-8-16(9-11-21(24)25)20(14-18)26-2;1-14-18(22-21(27-14)16-5-3-2-4-6-16)11-12-26-17-9-7-15(19(23)13-17)8-10-20(24)25;1-13-17(20-19(24-13)14-5-3-2-4-6-14)9-10-23-16-8-7-15(12-21)18(22)11-16;1-2/h4-9,11,15,25H,3,10,12-14H2,1-2H3;4-12,15,25H,3,13-14H2,1-2H3;3-8,10,14H,9,11-13H2,1-2H3,(H,24,25);2-7,9,13,23H,8,10-12H2,1H3,(H,24,25);2-8,11-12,22H,9-10H2,1H3;/b;12-10+;;;;. The van der Waals surface area contributed by atoms with Crippen molar-refractivity contribution >= 4 is 73.5 Å². The zero-order valence-electron chi connectivity index (χ0n) is 78.1. The zero-order chi connectivity index (χ0) is 99.4. The first-order valence-corrected chi connectivity index (χ1v) is 50.9. The Bertz CT molecular complexity index is 6440.